The molecule has 7 heterocycles. The highest BCUT2D eigenvalue weighted by atomic mass is 16.8. The maximum Gasteiger partial charge on any atom is 0.364 e. The summed E-state index contributed by atoms with van der Waals surface area (Å²) in [5.74, 6) is -9.24. The van der Waals surface area contributed by atoms with Gasteiger partial charge in [0.25, 0.3) is 5.79 Å². The van der Waals surface area contributed by atoms with Crippen molar-refractivity contribution in [3.63, 3.8) is 0 Å². The van der Waals surface area contributed by atoms with Crippen LogP contribution in [0.5, 0.6) is 0 Å². The molecule has 40 atom stereocenters. The molecule has 105 heavy (non-hydrogen) atoms. The Morgan fingerprint density at radius 1 is 0.448 bits per heavy atom. The van der Waals surface area contributed by atoms with Crippen molar-refractivity contribution in [2.24, 2.45) is 0 Å². The molecule has 7 saturated heterocycles. The molecule has 4 amide bonds. The second-order valence-electron chi connectivity index (χ2n) is 26.5. The van der Waals surface area contributed by atoms with Gasteiger partial charge in [-0.25, -0.2) is 4.79 Å². The lowest BCUT2D eigenvalue weighted by atomic mass is 9.88. The molecule has 0 unspecified atom stereocenters. The number of carboxylic acid groups (broad SMARTS) is 1. The van der Waals surface area contributed by atoms with E-state index >= 15 is 0 Å². The van der Waals surface area contributed by atoms with Crippen molar-refractivity contribution in [2.75, 3.05) is 46.2 Å². The normalized spacial score (nSPS) is 44.4. The van der Waals surface area contributed by atoms with Gasteiger partial charge in [-0.3, -0.25) is 19.2 Å². The van der Waals surface area contributed by atoms with Crippen molar-refractivity contribution in [1.82, 2.24) is 21.3 Å². The van der Waals surface area contributed by atoms with E-state index in [9.17, 15) is 141 Å². The summed E-state index contributed by atoms with van der Waals surface area (Å²) in [6.45, 7) is -2.06. The van der Waals surface area contributed by atoms with Crippen LogP contribution in [0.4, 0.5) is 0 Å². The lowest BCUT2D eigenvalue weighted by Crippen LogP contribution is -2.71. The first-order valence-corrected chi connectivity index (χ1v) is 33.4. The van der Waals surface area contributed by atoms with Crippen LogP contribution in [0.1, 0.15) is 48.0 Å². The maximum atomic E-state index is 13.4. The van der Waals surface area contributed by atoms with Gasteiger partial charge in [0.05, 0.1) is 76.6 Å². The average molecular weight is 1540 g/mol. The molecule has 0 spiro atoms. The van der Waals surface area contributed by atoms with Crippen LogP contribution in [0.3, 0.4) is 0 Å². The average Bonchev–Trinajstić information content (AvgIpc) is 0.757. The molecule has 0 bridgehead atoms. The summed E-state index contributed by atoms with van der Waals surface area (Å²) in [5.41, 5.74) is 0. The molecule has 7 aliphatic heterocycles. The third-order valence-electron chi connectivity index (χ3n) is 18.8. The van der Waals surface area contributed by atoms with Gasteiger partial charge in [0.15, 0.2) is 37.7 Å². The fourth-order valence-electron chi connectivity index (χ4n) is 13.2. The number of amides is 4. The minimum absolute atomic E-state index is 0.872. The van der Waals surface area contributed by atoms with Gasteiger partial charge in [0.2, 0.25) is 23.6 Å². The summed E-state index contributed by atoms with van der Waals surface area (Å²) in [6.07, 6.45) is -73.9. The quantitative estimate of drug-likeness (QED) is 0.0306. The summed E-state index contributed by atoms with van der Waals surface area (Å²) >= 11 is 0. The van der Waals surface area contributed by atoms with E-state index in [1.807, 2.05) is 0 Å². The summed E-state index contributed by atoms with van der Waals surface area (Å²) in [5, 5.41) is 263. The molecular weight excluding hydrogens is 1440 g/mol. The molecule has 0 aromatic heterocycles. The summed E-state index contributed by atoms with van der Waals surface area (Å²) in [4.78, 5) is 64.8. The molecule has 608 valence electrons. The number of hydrogen-bond acceptors (Lipinski definition) is 41. The van der Waals surface area contributed by atoms with E-state index in [0.717, 1.165) is 27.7 Å². The minimum Gasteiger partial charge on any atom is -0.477 e. The number of aliphatic hydroxyl groups excluding tert-OH is 22. The van der Waals surface area contributed by atoms with Crippen molar-refractivity contribution < 1.29 is 208 Å². The van der Waals surface area contributed by atoms with Gasteiger partial charge in [-0.2, -0.15) is 0 Å². The predicted molar refractivity (Wildman–Crippen MR) is 327 cm³/mol. The van der Waals surface area contributed by atoms with Crippen LogP contribution in [0.25, 0.3) is 0 Å². The van der Waals surface area contributed by atoms with E-state index in [1.165, 1.54) is 13.8 Å². The van der Waals surface area contributed by atoms with Crippen molar-refractivity contribution in [3.05, 3.63) is 0 Å². The molecule has 46 nitrogen and oxygen atoms in total. The number of carbonyl (C=O) groups excluding carboxylic acids is 4. The molecule has 7 aliphatic rings. The molecule has 7 rings (SSSR count). The number of aliphatic carboxylic acids is 1. The standard InChI is InChI=1S/C59H100N4O42/c1-15-32(77)39(84)42(87)54(93-15)102-49-31(63-20(6)73)52(98-28(13-69)46(49)100-56-44(89)50(38(83)27(12-68)96-56)105-59(58(90)91)7-22(74)29(61-18(4)71)48(104-59)34(79)23(75)9-65)92-14-24(76)35(80)45(21(8-64)60-17(3)70)99-53-30(62-19(5)72)47(37(82)26(11-67)95-53)101-57-51(41(86)36(81)25(10-66)97-57)103-55-43(88)40(85)33(78)16(2)94-55/h15-16,21-57,64-69,74-89H,7-14H2,1-6H3,(H,60,70)(H,61,71)(H,62,72)(H,63,73)(H,90,91)/t15-,16-,21-,22-,23+,24+,25+,26+,27+,28+,29-,30+,31+,32+,33+,34+,35-,36-,37+,38-,39+,40+,41-,42-,43-,44+,45+,46+,47+,48+,49+,50-,51+,52+,53-,54-,55-,56-,57-,59-/m0/s1. The van der Waals surface area contributed by atoms with Gasteiger partial charge < -0.3 is 205 Å². The zero-order chi connectivity index (χ0) is 78.3. The Kier molecular flexibility index (Phi) is 32.1. The maximum absolute atomic E-state index is 13.4. The van der Waals surface area contributed by atoms with Gasteiger partial charge >= 0.3 is 5.97 Å². The Balaban J connectivity index is 1.21. The number of ether oxygens (including phenoxy) is 14. The molecule has 0 saturated carbocycles. The number of nitrogens with one attached hydrogen (secondary N) is 4. The Hall–Kier alpha value is -4.09. The highest BCUT2D eigenvalue weighted by Crippen LogP contribution is 2.41. The van der Waals surface area contributed by atoms with Gasteiger partial charge in [-0.15, -0.1) is 0 Å². The zero-order valence-electron chi connectivity index (χ0n) is 57.2. The number of carbonyl (C=O) groups is 5. The second-order valence-corrected chi connectivity index (χ2v) is 26.5. The monoisotopic (exact) mass is 1540 g/mol. The fraction of sp³-hybridized carbons (Fsp3) is 0.915. The fourth-order valence-corrected chi connectivity index (χ4v) is 13.2. The van der Waals surface area contributed by atoms with E-state index in [-0.39, 0.29) is 0 Å². The zero-order valence-corrected chi connectivity index (χ0v) is 57.2. The molecule has 7 fully saturated rings. The lowest BCUT2D eigenvalue weighted by Gasteiger charge is -2.51. The van der Waals surface area contributed by atoms with Crippen LogP contribution in [0.15, 0.2) is 0 Å². The van der Waals surface area contributed by atoms with E-state index < -0.39 is 327 Å². The van der Waals surface area contributed by atoms with Gasteiger partial charge in [-0.05, 0) is 13.8 Å². The van der Waals surface area contributed by atoms with Crippen LogP contribution in [0, 0.1) is 0 Å². The first kappa shape index (κ1) is 88.1. The van der Waals surface area contributed by atoms with Crippen molar-refractivity contribution in [2.45, 2.75) is 293 Å². The Bertz CT molecular complexity index is 2780. The van der Waals surface area contributed by atoms with Gasteiger partial charge in [0, 0.05) is 34.1 Å². The molecule has 0 radical (unpaired) electrons. The van der Waals surface area contributed by atoms with E-state index in [2.05, 4.69) is 21.3 Å². The molecular formula is C59H100N4O42. The van der Waals surface area contributed by atoms with Gasteiger partial charge in [0.1, 0.15) is 171 Å². The van der Waals surface area contributed by atoms with E-state index in [0.29, 0.717) is 0 Å². The number of hydrogen-bond donors (Lipinski definition) is 27. The summed E-state index contributed by atoms with van der Waals surface area (Å²) < 4.78 is 82.8. The number of rotatable bonds is 31. The first-order valence-electron chi connectivity index (χ1n) is 33.4. The topological polar surface area (TPSA) is 728 Å². The highest BCUT2D eigenvalue weighted by Gasteiger charge is 2.62. The summed E-state index contributed by atoms with van der Waals surface area (Å²) in [6, 6.07) is -7.55. The lowest BCUT2D eigenvalue weighted by molar-refractivity contribution is -0.391. The predicted octanol–water partition coefficient (Wildman–Crippen LogP) is -17.0. The van der Waals surface area contributed by atoms with Crippen LogP contribution in [-0.4, -0.2) is 438 Å². The first-order chi connectivity index (χ1) is 49.3. The van der Waals surface area contributed by atoms with Gasteiger partial charge in [-0.1, -0.05) is 0 Å². The minimum atomic E-state index is -3.31. The largest absolute Gasteiger partial charge is 0.477 e. The van der Waals surface area contributed by atoms with Crippen molar-refractivity contribution in [3.8, 4) is 0 Å². The van der Waals surface area contributed by atoms with Crippen LogP contribution >= 0.6 is 0 Å². The Morgan fingerprint density at radius 2 is 0.895 bits per heavy atom. The molecule has 0 aliphatic carbocycles. The van der Waals surface area contributed by atoms with Crippen molar-refractivity contribution in [1.29, 1.82) is 0 Å². The van der Waals surface area contributed by atoms with Crippen LogP contribution in [-0.2, 0) is 90.3 Å². The molecule has 46 heteroatoms. The third-order valence-corrected chi connectivity index (χ3v) is 18.8. The molecule has 27 N–H and O–H groups in total. The smallest absolute Gasteiger partial charge is 0.364 e. The van der Waals surface area contributed by atoms with E-state index in [4.69, 9.17) is 66.3 Å². The van der Waals surface area contributed by atoms with Crippen LogP contribution in [0.2, 0.25) is 0 Å². The Labute approximate surface area is 596 Å². The third kappa shape index (κ3) is 20.2. The SMILES string of the molecule is CC(=O)N[C@@H]1[C@H]([C@H](O)[C@H](O)CO)O[C@@](O[C@H]2[C@@H](O)[C@@H](CO)O[C@@H](O[C@H]3[C@H](O[C@@H]4O[C@@H](C)[C@@H](O)[C@@H](O)[C@@H]4O)[C@@H](NC(C)=O)[C@H](OC[C@@H](O)[C@H](O)[C@H](O[C@@H]4O[C@H](CO)[C@@H](O)[C@H](O[C@@H]5O[C@H](CO)[C@H](O)[C@H](O)[C@H]5O[C@@H]5O[C@@H](C)[C@@H](O)[C@@H](O)[C@@H]5O)[C@H]4NC(C)=O)[C@H](CO)NC(C)=O)O[C@@H]3CO)[C@@H]2O)(C(=O)O)C[C@@H]1O. The summed E-state index contributed by atoms with van der Waals surface area (Å²) in [7, 11) is 0. The highest BCUT2D eigenvalue weighted by molar-refractivity contribution is 5.77. The second kappa shape index (κ2) is 38.2. The number of aliphatic hydroxyl groups is 22. The van der Waals surface area contributed by atoms with Crippen LogP contribution < -0.4 is 21.3 Å². The van der Waals surface area contributed by atoms with Crippen molar-refractivity contribution >= 4 is 29.6 Å². The number of carboxylic acids is 1. The molecule has 0 aromatic rings. The molecule has 0 aromatic carbocycles. The van der Waals surface area contributed by atoms with E-state index in [1.54, 1.807) is 0 Å². The Morgan fingerprint density at radius 3 is 1.39 bits per heavy atom.